The van der Waals surface area contributed by atoms with Gasteiger partial charge in [0, 0.05) is 23.4 Å². The minimum atomic E-state index is -1.03. The van der Waals surface area contributed by atoms with E-state index in [-0.39, 0.29) is 18.2 Å². The quantitative estimate of drug-likeness (QED) is 0.745. The van der Waals surface area contributed by atoms with Crippen LogP contribution in [0.4, 0.5) is 0 Å². The van der Waals surface area contributed by atoms with Gasteiger partial charge in [-0.3, -0.25) is 4.79 Å². The normalized spacial score (nSPS) is 12.2. The summed E-state index contributed by atoms with van der Waals surface area (Å²) in [5, 5.41) is 16.1. The highest BCUT2D eigenvalue weighted by atomic mass is 35.5. The monoisotopic (exact) mass is 365 g/mol. The average Bonchev–Trinajstić information content (AvgIpc) is 3.01. The van der Waals surface area contributed by atoms with Crippen molar-refractivity contribution in [2.75, 3.05) is 0 Å². The first-order valence-corrected chi connectivity index (χ1v) is 8.35. The number of carboxylic acids is 1. The number of hydrogen-bond acceptors (Lipinski definition) is 5. The van der Waals surface area contributed by atoms with Gasteiger partial charge in [-0.2, -0.15) is 4.98 Å². The van der Waals surface area contributed by atoms with E-state index >= 15 is 0 Å². The average molecular weight is 366 g/mol. The van der Waals surface area contributed by atoms with Crippen LogP contribution < -0.4 is 5.32 Å². The zero-order valence-electron chi connectivity index (χ0n) is 14.0. The van der Waals surface area contributed by atoms with Crippen molar-refractivity contribution < 1.29 is 19.2 Å². The second kappa shape index (κ2) is 8.62. The summed E-state index contributed by atoms with van der Waals surface area (Å²) in [5.74, 6) is -0.635. The minimum absolute atomic E-state index is 0.181. The third-order valence-corrected chi connectivity index (χ3v) is 3.87. The Labute approximate surface area is 150 Å². The van der Waals surface area contributed by atoms with Gasteiger partial charge in [-0.1, -0.05) is 30.6 Å². The Bertz CT molecular complexity index is 728. The number of amides is 1. The van der Waals surface area contributed by atoms with Crippen LogP contribution in [0.1, 0.15) is 32.6 Å². The minimum Gasteiger partial charge on any atom is -0.480 e. The molecule has 0 aliphatic heterocycles. The lowest BCUT2D eigenvalue weighted by Crippen LogP contribution is -2.44. The number of aromatic nitrogens is 2. The van der Waals surface area contributed by atoms with Gasteiger partial charge < -0.3 is 14.9 Å². The van der Waals surface area contributed by atoms with E-state index in [2.05, 4.69) is 15.5 Å². The van der Waals surface area contributed by atoms with Gasteiger partial charge in [-0.25, -0.2) is 4.79 Å². The topological polar surface area (TPSA) is 105 Å². The van der Waals surface area contributed by atoms with Crippen molar-refractivity contribution in [3.05, 3.63) is 35.2 Å². The molecule has 7 nitrogen and oxygen atoms in total. The van der Waals surface area contributed by atoms with Gasteiger partial charge in [-0.05, 0) is 36.6 Å². The molecule has 2 rings (SSSR count). The van der Waals surface area contributed by atoms with Gasteiger partial charge in [0.2, 0.25) is 17.6 Å². The number of carboxylic acid groups (broad SMARTS) is 1. The molecule has 8 heteroatoms. The first-order chi connectivity index (χ1) is 11.9. The van der Waals surface area contributed by atoms with Crippen LogP contribution >= 0.6 is 11.6 Å². The van der Waals surface area contributed by atoms with Gasteiger partial charge in [0.05, 0.1) is 0 Å². The molecule has 2 aromatic rings. The van der Waals surface area contributed by atoms with Crippen LogP contribution in [0.3, 0.4) is 0 Å². The Balaban J connectivity index is 1.83. The van der Waals surface area contributed by atoms with Crippen molar-refractivity contribution in [2.24, 2.45) is 5.92 Å². The third-order valence-electron chi connectivity index (χ3n) is 3.61. The lowest BCUT2D eigenvalue weighted by molar-refractivity contribution is -0.143. The summed E-state index contributed by atoms with van der Waals surface area (Å²) in [5.41, 5.74) is 0.790. The molecule has 1 aromatic heterocycles. The maximum absolute atomic E-state index is 11.9. The van der Waals surface area contributed by atoms with E-state index < -0.39 is 12.0 Å². The number of nitrogens with zero attached hydrogens (tertiary/aromatic N) is 2. The number of carbonyl (C=O) groups is 2. The van der Waals surface area contributed by atoms with Crippen LogP contribution in [0.15, 0.2) is 28.8 Å². The number of aliphatic carboxylic acids is 1. The Morgan fingerprint density at radius 2 is 1.96 bits per heavy atom. The molecule has 0 spiro atoms. The second-order valence-corrected chi connectivity index (χ2v) is 6.44. The summed E-state index contributed by atoms with van der Waals surface area (Å²) in [6, 6.07) is 6.19. The summed E-state index contributed by atoms with van der Waals surface area (Å²) in [6.07, 6.45) is 1.11. The van der Waals surface area contributed by atoms with Gasteiger partial charge in [0.15, 0.2) is 0 Å². The Morgan fingerprint density at radius 1 is 1.28 bits per heavy atom. The molecule has 1 aromatic carbocycles. The van der Waals surface area contributed by atoms with E-state index in [9.17, 15) is 9.59 Å². The summed E-state index contributed by atoms with van der Waals surface area (Å²) in [4.78, 5) is 27.2. The van der Waals surface area contributed by atoms with Crippen LogP contribution in [0.25, 0.3) is 11.4 Å². The highest BCUT2D eigenvalue weighted by Gasteiger charge is 2.23. The molecule has 1 atom stereocenters. The van der Waals surface area contributed by atoms with E-state index in [0.717, 1.165) is 5.56 Å². The van der Waals surface area contributed by atoms with Crippen molar-refractivity contribution in [1.82, 2.24) is 15.5 Å². The third kappa shape index (κ3) is 5.56. The largest absolute Gasteiger partial charge is 0.480 e. The van der Waals surface area contributed by atoms with Crippen molar-refractivity contribution in [3.8, 4) is 11.4 Å². The molecule has 0 aliphatic rings. The maximum atomic E-state index is 11.9. The molecule has 1 heterocycles. The van der Waals surface area contributed by atoms with Crippen LogP contribution in [-0.2, 0) is 16.0 Å². The van der Waals surface area contributed by atoms with Crippen molar-refractivity contribution in [3.63, 3.8) is 0 Å². The number of aryl methyl sites for hydroxylation is 1. The molecule has 2 N–H and O–H groups in total. The van der Waals surface area contributed by atoms with E-state index in [4.69, 9.17) is 21.2 Å². The van der Waals surface area contributed by atoms with Crippen molar-refractivity contribution >= 4 is 23.5 Å². The lowest BCUT2D eigenvalue weighted by atomic mass is 10.0. The predicted octanol–water partition coefficient (Wildman–Crippen LogP) is 2.94. The van der Waals surface area contributed by atoms with Gasteiger partial charge in [0.1, 0.15) is 6.04 Å². The summed E-state index contributed by atoms with van der Waals surface area (Å²) in [6.45, 7) is 3.49. The van der Waals surface area contributed by atoms with Crippen LogP contribution in [0.2, 0.25) is 5.02 Å². The van der Waals surface area contributed by atoms with Gasteiger partial charge >= 0.3 is 5.97 Å². The highest BCUT2D eigenvalue weighted by Crippen LogP contribution is 2.19. The Kier molecular flexibility index (Phi) is 6.52. The van der Waals surface area contributed by atoms with E-state index in [1.54, 1.807) is 38.1 Å². The molecule has 134 valence electrons. The zero-order valence-corrected chi connectivity index (χ0v) is 14.8. The second-order valence-electron chi connectivity index (χ2n) is 6.00. The number of halogens is 1. The van der Waals surface area contributed by atoms with Crippen molar-refractivity contribution in [2.45, 2.75) is 39.2 Å². The standard InChI is InChI=1S/C17H20ClN3O4/c1-10(2)15(17(23)24)19-13(22)4-3-5-14-20-16(21-25-14)11-6-8-12(18)9-7-11/h6-10,15H,3-5H2,1-2H3,(H,19,22)(H,23,24)/t15-/m1/s1. The van der Waals surface area contributed by atoms with E-state index in [1.807, 2.05) is 0 Å². The number of benzene rings is 1. The highest BCUT2D eigenvalue weighted by molar-refractivity contribution is 6.30. The first kappa shape index (κ1) is 18.9. The summed E-state index contributed by atoms with van der Waals surface area (Å²) >= 11 is 5.84. The van der Waals surface area contributed by atoms with Crippen LogP contribution in [-0.4, -0.2) is 33.2 Å². The molecule has 0 saturated carbocycles. The van der Waals surface area contributed by atoms with Crippen LogP contribution in [0.5, 0.6) is 0 Å². The van der Waals surface area contributed by atoms with Gasteiger partial charge in [0.25, 0.3) is 0 Å². The first-order valence-electron chi connectivity index (χ1n) is 7.97. The summed E-state index contributed by atoms with van der Waals surface area (Å²) < 4.78 is 5.17. The predicted molar refractivity (Wildman–Crippen MR) is 92.1 cm³/mol. The molecule has 25 heavy (non-hydrogen) atoms. The number of carbonyl (C=O) groups excluding carboxylic acids is 1. The molecular weight excluding hydrogens is 346 g/mol. The molecular formula is C17H20ClN3O4. The van der Waals surface area contributed by atoms with Crippen molar-refractivity contribution in [1.29, 1.82) is 0 Å². The molecule has 1 amide bonds. The lowest BCUT2D eigenvalue weighted by Gasteiger charge is -2.17. The SMILES string of the molecule is CC(C)[C@@H](NC(=O)CCCc1nc(-c2ccc(Cl)cc2)no1)C(=O)O. The number of nitrogens with one attached hydrogen (secondary N) is 1. The fourth-order valence-electron chi connectivity index (χ4n) is 2.23. The molecule has 0 aliphatic carbocycles. The zero-order chi connectivity index (χ0) is 18.4. The number of hydrogen-bond donors (Lipinski definition) is 2. The van der Waals surface area contributed by atoms with E-state index in [1.165, 1.54) is 0 Å². The molecule has 0 unspecified atom stereocenters. The number of rotatable bonds is 8. The fraction of sp³-hybridized carbons (Fsp3) is 0.412. The van der Waals surface area contributed by atoms with E-state index in [0.29, 0.717) is 29.6 Å². The van der Waals surface area contributed by atoms with Gasteiger partial charge in [-0.15, -0.1) is 0 Å². The Hall–Kier alpha value is -2.41. The smallest absolute Gasteiger partial charge is 0.326 e. The Morgan fingerprint density at radius 3 is 2.56 bits per heavy atom. The summed E-state index contributed by atoms with van der Waals surface area (Å²) in [7, 11) is 0. The maximum Gasteiger partial charge on any atom is 0.326 e. The van der Waals surface area contributed by atoms with Crippen LogP contribution in [0, 0.1) is 5.92 Å². The molecule has 0 radical (unpaired) electrons. The molecule has 0 fully saturated rings. The molecule has 0 bridgehead atoms. The molecule has 0 saturated heterocycles. The fourth-order valence-corrected chi connectivity index (χ4v) is 2.36.